The Morgan fingerprint density at radius 3 is 2.88 bits per heavy atom. The van der Waals surface area contributed by atoms with Gasteiger partial charge < -0.3 is 16.2 Å². The highest BCUT2D eigenvalue weighted by atomic mass is 16.4. The molecule has 0 saturated heterocycles. The molecule has 0 bridgehead atoms. The van der Waals surface area contributed by atoms with Gasteiger partial charge >= 0.3 is 5.97 Å². The third-order valence-electron chi connectivity index (χ3n) is 2.20. The third kappa shape index (κ3) is 4.64. The molecule has 0 aliphatic heterocycles. The van der Waals surface area contributed by atoms with E-state index in [9.17, 15) is 9.59 Å². The van der Waals surface area contributed by atoms with Crippen molar-refractivity contribution in [3.8, 4) is 0 Å². The Kier molecular flexibility index (Phi) is 4.65. The molecule has 1 heterocycles. The number of amides is 1. The molecule has 1 aromatic rings. The zero-order valence-corrected chi connectivity index (χ0v) is 9.59. The van der Waals surface area contributed by atoms with Crippen LogP contribution in [0.2, 0.25) is 0 Å². The summed E-state index contributed by atoms with van der Waals surface area (Å²) in [6.45, 7) is 0.415. The standard InChI is InChI=1S/C10H16N4O3/c1-14-6-7(5-13-14)2-3-12-10(17)8(11)4-9(15)16/h5-6,8H,2-4,11H2,1H3,(H,12,17)(H,15,16). The van der Waals surface area contributed by atoms with E-state index in [2.05, 4.69) is 10.4 Å². The number of nitrogens with two attached hydrogens (primary N) is 1. The van der Waals surface area contributed by atoms with Gasteiger partial charge in [0.2, 0.25) is 5.91 Å². The van der Waals surface area contributed by atoms with E-state index in [0.29, 0.717) is 13.0 Å². The summed E-state index contributed by atoms with van der Waals surface area (Å²) in [5, 5.41) is 15.0. The second-order valence-corrected chi connectivity index (χ2v) is 3.77. The fourth-order valence-corrected chi connectivity index (χ4v) is 1.34. The molecule has 1 unspecified atom stereocenters. The van der Waals surface area contributed by atoms with Crippen LogP contribution < -0.4 is 11.1 Å². The first-order valence-electron chi connectivity index (χ1n) is 5.21. The third-order valence-corrected chi connectivity index (χ3v) is 2.20. The highest BCUT2D eigenvalue weighted by molar-refractivity contribution is 5.85. The maximum atomic E-state index is 11.4. The van der Waals surface area contributed by atoms with Gasteiger partial charge in [-0.2, -0.15) is 5.10 Å². The van der Waals surface area contributed by atoms with E-state index in [1.165, 1.54) is 0 Å². The Bertz CT molecular complexity index is 402. The molecule has 0 aliphatic carbocycles. The van der Waals surface area contributed by atoms with Crippen LogP contribution in [-0.4, -0.2) is 39.4 Å². The average molecular weight is 240 g/mol. The quantitative estimate of drug-likeness (QED) is 0.583. The minimum atomic E-state index is -1.08. The second kappa shape index (κ2) is 6.00. The molecule has 17 heavy (non-hydrogen) atoms. The number of hydrogen-bond acceptors (Lipinski definition) is 4. The average Bonchev–Trinajstić information content (AvgIpc) is 2.63. The molecular formula is C10H16N4O3. The van der Waals surface area contributed by atoms with Crippen LogP contribution in [0, 0.1) is 0 Å². The normalized spacial score (nSPS) is 12.1. The summed E-state index contributed by atoms with van der Waals surface area (Å²) in [5.74, 6) is -1.53. The number of carboxylic acids is 1. The lowest BCUT2D eigenvalue weighted by molar-refractivity contribution is -0.139. The molecule has 1 atom stereocenters. The van der Waals surface area contributed by atoms with Crippen molar-refractivity contribution in [1.29, 1.82) is 0 Å². The molecule has 0 saturated carbocycles. The number of aromatic nitrogens is 2. The molecule has 0 spiro atoms. The Morgan fingerprint density at radius 2 is 2.35 bits per heavy atom. The van der Waals surface area contributed by atoms with Crippen molar-refractivity contribution in [2.24, 2.45) is 12.8 Å². The number of aliphatic carboxylic acids is 1. The molecule has 0 radical (unpaired) electrons. The lowest BCUT2D eigenvalue weighted by atomic mass is 10.2. The number of nitrogens with one attached hydrogen (secondary N) is 1. The van der Waals surface area contributed by atoms with Crippen molar-refractivity contribution in [3.63, 3.8) is 0 Å². The van der Waals surface area contributed by atoms with Crippen LogP contribution in [0.1, 0.15) is 12.0 Å². The van der Waals surface area contributed by atoms with Crippen LogP contribution in [0.4, 0.5) is 0 Å². The molecule has 0 aromatic carbocycles. The van der Waals surface area contributed by atoms with Gasteiger partial charge in [0.15, 0.2) is 0 Å². The fraction of sp³-hybridized carbons (Fsp3) is 0.500. The van der Waals surface area contributed by atoms with E-state index in [4.69, 9.17) is 10.8 Å². The lowest BCUT2D eigenvalue weighted by Crippen LogP contribution is -2.42. The largest absolute Gasteiger partial charge is 0.481 e. The number of nitrogens with zero attached hydrogens (tertiary/aromatic N) is 2. The van der Waals surface area contributed by atoms with E-state index in [0.717, 1.165) is 5.56 Å². The van der Waals surface area contributed by atoms with E-state index in [1.807, 2.05) is 13.2 Å². The van der Waals surface area contributed by atoms with Crippen LogP contribution in [0.15, 0.2) is 12.4 Å². The highest BCUT2D eigenvalue weighted by Crippen LogP contribution is 1.96. The summed E-state index contributed by atoms with van der Waals surface area (Å²) in [4.78, 5) is 21.7. The molecule has 1 rings (SSSR count). The Balaban J connectivity index is 2.26. The predicted molar refractivity (Wildman–Crippen MR) is 60.1 cm³/mol. The highest BCUT2D eigenvalue weighted by Gasteiger charge is 2.16. The van der Waals surface area contributed by atoms with Gasteiger partial charge in [0.1, 0.15) is 0 Å². The van der Waals surface area contributed by atoms with Gasteiger partial charge in [0.25, 0.3) is 0 Å². The Hall–Kier alpha value is -1.89. The van der Waals surface area contributed by atoms with Gasteiger partial charge in [0.05, 0.1) is 18.7 Å². The molecule has 94 valence electrons. The van der Waals surface area contributed by atoms with Crippen LogP contribution in [0.25, 0.3) is 0 Å². The fourth-order valence-electron chi connectivity index (χ4n) is 1.34. The molecular weight excluding hydrogens is 224 g/mol. The first kappa shape index (κ1) is 13.2. The van der Waals surface area contributed by atoms with Crippen LogP contribution in [0.3, 0.4) is 0 Å². The minimum absolute atomic E-state index is 0.362. The molecule has 4 N–H and O–H groups in total. The zero-order chi connectivity index (χ0) is 12.8. The topological polar surface area (TPSA) is 110 Å². The zero-order valence-electron chi connectivity index (χ0n) is 9.59. The van der Waals surface area contributed by atoms with Crippen LogP contribution in [0.5, 0.6) is 0 Å². The summed E-state index contributed by atoms with van der Waals surface area (Å²) in [5.41, 5.74) is 6.39. The number of rotatable bonds is 6. The summed E-state index contributed by atoms with van der Waals surface area (Å²) in [6.07, 6.45) is 3.84. The van der Waals surface area contributed by atoms with Gasteiger partial charge in [-0.3, -0.25) is 14.3 Å². The summed E-state index contributed by atoms with van der Waals surface area (Å²) in [7, 11) is 1.81. The van der Waals surface area contributed by atoms with Gasteiger partial charge in [-0.15, -0.1) is 0 Å². The van der Waals surface area contributed by atoms with E-state index in [-0.39, 0.29) is 6.42 Å². The summed E-state index contributed by atoms with van der Waals surface area (Å²) >= 11 is 0. The lowest BCUT2D eigenvalue weighted by Gasteiger charge is -2.09. The van der Waals surface area contributed by atoms with E-state index in [1.54, 1.807) is 10.9 Å². The van der Waals surface area contributed by atoms with Gasteiger partial charge in [-0.05, 0) is 12.0 Å². The monoisotopic (exact) mass is 240 g/mol. The Labute approximate surface area is 98.6 Å². The first-order valence-corrected chi connectivity index (χ1v) is 5.21. The van der Waals surface area contributed by atoms with Crippen molar-refractivity contribution < 1.29 is 14.7 Å². The number of carbonyl (C=O) groups excluding carboxylic acids is 1. The smallest absolute Gasteiger partial charge is 0.305 e. The first-order chi connectivity index (χ1) is 7.99. The maximum absolute atomic E-state index is 11.4. The van der Waals surface area contributed by atoms with Crippen LogP contribution in [-0.2, 0) is 23.1 Å². The maximum Gasteiger partial charge on any atom is 0.305 e. The van der Waals surface area contributed by atoms with Crippen molar-refractivity contribution in [1.82, 2.24) is 15.1 Å². The number of carbonyl (C=O) groups is 2. The van der Waals surface area contributed by atoms with Gasteiger partial charge in [-0.25, -0.2) is 0 Å². The number of hydrogen-bond donors (Lipinski definition) is 3. The molecule has 7 nitrogen and oxygen atoms in total. The summed E-state index contributed by atoms with van der Waals surface area (Å²) < 4.78 is 1.67. The van der Waals surface area contributed by atoms with Crippen molar-refractivity contribution >= 4 is 11.9 Å². The number of carboxylic acid groups (broad SMARTS) is 1. The van der Waals surface area contributed by atoms with Crippen LogP contribution >= 0.6 is 0 Å². The van der Waals surface area contributed by atoms with Crippen molar-refractivity contribution in [2.45, 2.75) is 18.9 Å². The molecule has 0 aliphatic rings. The van der Waals surface area contributed by atoms with E-state index < -0.39 is 17.9 Å². The molecule has 1 amide bonds. The molecule has 0 fully saturated rings. The second-order valence-electron chi connectivity index (χ2n) is 3.77. The Morgan fingerprint density at radius 1 is 1.65 bits per heavy atom. The molecule has 7 heteroatoms. The summed E-state index contributed by atoms with van der Waals surface area (Å²) in [6, 6.07) is -0.999. The number of aryl methyl sites for hydroxylation is 1. The van der Waals surface area contributed by atoms with Crippen molar-refractivity contribution in [3.05, 3.63) is 18.0 Å². The molecule has 1 aromatic heterocycles. The predicted octanol–water partition coefficient (Wildman–Crippen LogP) is -1.12. The van der Waals surface area contributed by atoms with Crippen molar-refractivity contribution in [2.75, 3.05) is 6.54 Å². The van der Waals surface area contributed by atoms with Gasteiger partial charge in [0, 0.05) is 19.8 Å². The SMILES string of the molecule is Cn1cc(CCNC(=O)C(N)CC(=O)O)cn1. The van der Waals surface area contributed by atoms with E-state index >= 15 is 0 Å². The minimum Gasteiger partial charge on any atom is -0.481 e. The van der Waals surface area contributed by atoms with Gasteiger partial charge in [-0.1, -0.05) is 0 Å².